The van der Waals surface area contributed by atoms with Gasteiger partial charge in [0.05, 0.1) is 14.2 Å². The van der Waals surface area contributed by atoms with Gasteiger partial charge in [-0.3, -0.25) is 14.4 Å². The van der Waals surface area contributed by atoms with Crippen LogP contribution < -0.4 is 25.7 Å². The van der Waals surface area contributed by atoms with E-state index in [1.807, 2.05) is 30.3 Å². The van der Waals surface area contributed by atoms with E-state index >= 15 is 0 Å². The Morgan fingerprint density at radius 1 is 0.906 bits per heavy atom. The van der Waals surface area contributed by atoms with Crippen LogP contribution in [0.4, 0.5) is 0 Å². The predicted octanol–water partition coefficient (Wildman–Crippen LogP) is 1.88. The lowest BCUT2D eigenvalue weighted by atomic mass is 10.1. The number of carbonyl (C=O) groups is 2. The summed E-state index contributed by atoms with van der Waals surface area (Å²) in [7, 11) is 3.16. The number of pyridine rings is 1. The van der Waals surface area contributed by atoms with Crippen molar-refractivity contribution >= 4 is 22.6 Å². The Labute approximate surface area is 186 Å². The lowest BCUT2D eigenvalue weighted by Crippen LogP contribution is -2.35. The van der Waals surface area contributed by atoms with Gasteiger partial charge in [-0.05, 0) is 41.6 Å². The number of hydrogen-bond donors (Lipinski definition) is 2. The third-order valence-corrected chi connectivity index (χ3v) is 5.06. The summed E-state index contributed by atoms with van der Waals surface area (Å²) in [5.41, 5.74) is 0.795. The Balaban J connectivity index is 1.40. The van der Waals surface area contributed by atoms with Gasteiger partial charge >= 0.3 is 0 Å². The Hall–Kier alpha value is -3.81. The smallest absolute Gasteiger partial charge is 0.258 e. The highest BCUT2D eigenvalue weighted by atomic mass is 16.5. The molecule has 0 radical (unpaired) electrons. The van der Waals surface area contributed by atoms with Gasteiger partial charge in [-0.25, -0.2) is 0 Å². The van der Waals surface area contributed by atoms with Crippen molar-refractivity contribution in [2.45, 2.75) is 19.4 Å². The summed E-state index contributed by atoms with van der Waals surface area (Å²) in [6.45, 7) is 0.572. The number of carbonyl (C=O) groups excluding carboxylic acids is 2. The predicted molar refractivity (Wildman–Crippen MR) is 122 cm³/mol. The van der Waals surface area contributed by atoms with E-state index < -0.39 is 0 Å². The highest BCUT2D eigenvalue weighted by Crippen LogP contribution is 2.27. The number of amides is 2. The summed E-state index contributed by atoms with van der Waals surface area (Å²) >= 11 is 0. The maximum Gasteiger partial charge on any atom is 0.258 e. The van der Waals surface area contributed by atoms with E-state index in [2.05, 4.69) is 10.6 Å². The summed E-state index contributed by atoms with van der Waals surface area (Å²) in [4.78, 5) is 36.7. The van der Waals surface area contributed by atoms with Crippen LogP contribution in [0.15, 0.2) is 59.5 Å². The van der Waals surface area contributed by atoms with E-state index in [1.54, 1.807) is 38.6 Å². The summed E-state index contributed by atoms with van der Waals surface area (Å²) in [6.07, 6.45) is 2.40. The zero-order valence-corrected chi connectivity index (χ0v) is 18.2. The first-order valence-electron chi connectivity index (χ1n) is 10.3. The zero-order valence-electron chi connectivity index (χ0n) is 18.2. The Morgan fingerprint density at radius 2 is 1.66 bits per heavy atom. The first-order valence-corrected chi connectivity index (χ1v) is 10.3. The van der Waals surface area contributed by atoms with Crippen molar-refractivity contribution in [3.8, 4) is 11.5 Å². The van der Waals surface area contributed by atoms with Gasteiger partial charge in [-0.15, -0.1) is 0 Å². The van der Waals surface area contributed by atoms with Gasteiger partial charge in [0, 0.05) is 31.1 Å². The molecule has 2 amide bonds. The molecule has 32 heavy (non-hydrogen) atoms. The average Bonchev–Trinajstić information content (AvgIpc) is 2.81. The number of nitrogens with zero attached hydrogens (tertiary/aromatic N) is 1. The van der Waals surface area contributed by atoms with Gasteiger partial charge in [0.1, 0.15) is 6.54 Å². The average molecular weight is 437 g/mol. The quantitative estimate of drug-likeness (QED) is 0.505. The van der Waals surface area contributed by atoms with Crippen molar-refractivity contribution in [3.63, 3.8) is 0 Å². The van der Waals surface area contributed by atoms with Crippen LogP contribution in [0.1, 0.15) is 12.0 Å². The second-order valence-electron chi connectivity index (χ2n) is 7.23. The molecule has 1 aromatic heterocycles. The standard InChI is InChI=1S/C24H27N3O5/c1-31-20-8-7-17(15-21(20)32-2)9-12-25-22(28)10-13-26-23(29)16-27-14-11-18-5-3-4-6-19(18)24(27)30/h3-8,11,14-15H,9-10,12-13,16H2,1-2H3,(H,25,28)(H,26,29). The molecule has 0 fully saturated rings. The maximum atomic E-state index is 12.5. The van der Waals surface area contributed by atoms with Gasteiger partial charge < -0.3 is 24.7 Å². The molecule has 3 rings (SSSR count). The molecule has 0 saturated carbocycles. The van der Waals surface area contributed by atoms with Crippen molar-refractivity contribution in [2.24, 2.45) is 0 Å². The van der Waals surface area contributed by atoms with Crippen LogP contribution in [0.2, 0.25) is 0 Å². The highest BCUT2D eigenvalue weighted by molar-refractivity contribution is 5.82. The zero-order chi connectivity index (χ0) is 22.9. The monoisotopic (exact) mass is 437 g/mol. The number of ether oxygens (including phenoxy) is 2. The summed E-state index contributed by atoms with van der Waals surface area (Å²) in [5.74, 6) is 0.820. The van der Waals surface area contributed by atoms with Gasteiger partial charge in [0.25, 0.3) is 5.56 Å². The second-order valence-corrected chi connectivity index (χ2v) is 7.23. The minimum absolute atomic E-state index is 0.0927. The molecule has 0 bridgehead atoms. The first-order chi connectivity index (χ1) is 15.5. The molecule has 8 heteroatoms. The number of benzene rings is 2. The molecule has 168 valence electrons. The molecular weight excluding hydrogens is 410 g/mol. The number of hydrogen-bond acceptors (Lipinski definition) is 5. The fraction of sp³-hybridized carbons (Fsp3) is 0.292. The van der Waals surface area contributed by atoms with Crippen LogP contribution in [0.3, 0.4) is 0 Å². The SMILES string of the molecule is COc1ccc(CCNC(=O)CCNC(=O)Cn2ccc3ccccc3c2=O)cc1OC. The Kier molecular flexibility index (Phi) is 7.85. The Bertz CT molecular complexity index is 1160. The number of rotatable bonds is 10. The van der Waals surface area contributed by atoms with Crippen molar-refractivity contribution in [1.29, 1.82) is 0 Å². The molecule has 0 aliphatic rings. The summed E-state index contributed by atoms with van der Waals surface area (Å²) < 4.78 is 11.9. The van der Waals surface area contributed by atoms with E-state index in [4.69, 9.17) is 9.47 Å². The van der Waals surface area contributed by atoms with E-state index in [0.29, 0.717) is 29.9 Å². The van der Waals surface area contributed by atoms with Gasteiger partial charge in [0.2, 0.25) is 11.8 Å². The number of nitrogens with one attached hydrogen (secondary N) is 2. The van der Waals surface area contributed by atoms with Crippen LogP contribution in [0.5, 0.6) is 11.5 Å². The molecule has 0 saturated heterocycles. The van der Waals surface area contributed by atoms with E-state index in [9.17, 15) is 14.4 Å². The molecule has 0 aliphatic carbocycles. The van der Waals surface area contributed by atoms with Crippen LogP contribution in [0.25, 0.3) is 10.8 Å². The van der Waals surface area contributed by atoms with Crippen LogP contribution in [-0.4, -0.2) is 43.7 Å². The molecule has 0 spiro atoms. The van der Waals surface area contributed by atoms with Crippen molar-refractivity contribution in [1.82, 2.24) is 15.2 Å². The van der Waals surface area contributed by atoms with Crippen LogP contribution in [0, 0.1) is 0 Å². The number of fused-ring (bicyclic) bond motifs is 1. The topological polar surface area (TPSA) is 98.7 Å². The molecule has 2 aromatic carbocycles. The molecule has 0 aliphatic heterocycles. The Morgan fingerprint density at radius 3 is 2.44 bits per heavy atom. The molecular formula is C24H27N3O5. The lowest BCUT2D eigenvalue weighted by Gasteiger charge is -2.10. The summed E-state index contributed by atoms with van der Waals surface area (Å²) in [5, 5.41) is 6.91. The van der Waals surface area contributed by atoms with Crippen LogP contribution in [-0.2, 0) is 22.6 Å². The second kappa shape index (κ2) is 11.0. The fourth-order valence-electron chi connectivity index (χ4n) is 3.35. The van der Waals surface area contributed by atoms with Crippen molar-refractivity contribution < 1.29 is 19.1 Å². The number of methoxy groups -OCH3 is 2. The summed E-state index contributed by atoms with van der Waals surface area (Å²) in [6, 6.07) is 14.7. The van der Waals surface area contributed by atoms with Crippen molar-refractivity contribution in [2.75, 3.05) is 27.3 Å². The molecule has 2 N–H and O–H groups in total. The highest BCUT2D eigenvalue weighted by Gasteiger charge is 2.09. The molecule has 1 heterocycles. The first kappa shape index (κ1) is 22.9. The van der Waals surface area contributed by atoms with Crippen molar-refractivity contribution in [3.05, 3.63) is 70.6 Å². The molecule has 3 aromatic rings. The number of aromatic nitrogens is 1. The third kappa shape index (κ3) is 5.87. The molecule has 0 unspecified atom stereocenters. The van der Waals surface area contributed by atoms with E-state index in [1.165, 1.54) is 4.57 Å². The lowest BCUT2D eigenvalue weighted by molar-refractivity contribution is -0.122. The molecule has 0 atom stereocenters. The minimum Gasteiger partial charge on any atom is -0.493 e. The maximum absolute atomic E-state index is 12.5. The van der Waals surface area contributed by atoms with Gasteiger partial charge in [-0.1, -0.05) is 24.3 Å². The fourth-order valence-corrected chi connectivity index (χ4v) is 3.35. The minimum atomic E-state index is -0.319. The van der Waals surface area contributed by atoms with Gasteiger partial charge in [0.15, 0.2) is 11.5 Å². The van der Waals surface area contributed by atoms with Crippen LogP contribution >= 0.6 is 0 Å². The largest absolute Gasteiger partial charge is 0.493 e. The van der Waals surface area contributed by atoms with E-state index in [0.717, 1.165) is 10.9 Å². The third-order valence-electron chi connectivity index (χ3n) is 5.06. The normalized spacial score (nSPS) is 10.6. The molecule has 8 nitrogen and oxygen atoms in total. The van der Waals surface area contributed by atoms with E-state index in [-0.39, 0.29) is 36.9 Å². The van der Waals surface area contributed by atoms with Gasteiger partial charge in [-0.2, -0.15) is 0 Å².